The summed E-state index contributed by atoms with van der Waals surface area (Å²) in [5, 5.41) is 18.4. The van der Waals surface area contributed by atoms with Gasteiger partial charge in [0.25, 0.3) is 0 Å². The van der Waals surface area contributed by atoms with Gasteiger partial charge < -0.3 is 24.6 Å². The molecule has 1 unspecified atom stereocenters. The van der Waals surface area contributed by atoms with E-state index in [-0.39, 0.29) is 0 Å². The molecule has 0 aliphatic carbocycles. The highest BCUT2D eigenvalue weighted by atomic mass is 16.3. The highest BCUT2D eigenvalue weighted by molar-refractivity contribution is 4.98. The van der Waals surface area contributed by atoms with Gasteiger partial charge in [-0.05, 0) is 56.4 Å². The van der Waals surface area contributed by atoms with Crippen LogP contribution in [0.5, 0.6) is 0 Å². The molecule has 0 amide bonds. The molecule has 0 aromatic carbocycles. The summed E-state index contributed by atoms with van der Waals surface area (Å²) >= 11 is 0. The van der Waals surface area contributed by atoms with E-state index in [0.717, 1.165) is 89.2 Å². The van der Waals surface area contributed by atoms with Crippen LogP contribution in [0.1, 0.15) is 43.6 Å². The van der Waals surface area contributed by atoms with E-state index in [1.54, 1.807) is 12.5 Å². The van der Waals surface area contributed by atoms with Crippen LogP contribution in [0.3, 0.4) is 0 Å². The van der Waals surface area contributed by atoms with E-state index in [1.807, 2.05) is 24.3 Å². The Labute approximate surface area is 168 Å². The Kier molecular flexibility index (Phi) is 8.61. The van der Waals surface area contributed by atoms with Crippen LogP contribution in [-0.4, -0.2) is 55.0 Å². The average Bonchev–Trinajstić information content (AvgIpc) is 3.40. The quantitative estimate of drug-likeness (QED) is 0.543. The van der Waals surface area contributed by atoms with Crippen LogP contribution in [0, 0.1) is 0 Å². The molecular formula is C22H35N3O3. The van der Waals surface area contributed by atoms with Crippen molar-refractivity contribution in [3.8, 4) is 0 Å². The van der Waals surface area contributed by atoms with Crippen molar-refractivity contribution in [2.24, 2.45) is 0 Å². The Hall–Kier alpha value is -1.60. The van der Waals surface area contributed by atoms with E-state index in [4.69, 9.17) is 8.83 Å². The lowest BCUT2D eigenvalue weighted by molar-refractivity contribution is -0.112. The van der Waals surface area contributed by atoms with Crippen LogP contribution < -0.4 is 10.6 Å². The van der Waals surface area contributed by atoms with E-state index in [9.17, 15) is 5.11 Å². The maximum atomic E-state index is 11.5. The highest BCUT2D eigenvalue weighted by Crippen LogP contribution is 2.22. The number of nitrogens with zero attached hydrogens (tertiary/aromatic N) is 1. The molecular weight excluding hydrogens is 354 g/mol. The van der Waals surface area contributed by atoms with Crippen molar-refractivity contribution in [1.29, 1.82) is 0 Å². The van der Waals surface area contributed by atoms with Crippen molar-refractivity contribution in [3.05, 3.63) is 48.3 Å². The molecule has 1 aliphatic heterocycles. The summed E-state index contributed by atoms with van der Waals surface area (Å²) in [4.78, 5) is 2.27. The number of β-amino-alcohol motifs (C(OH)–C–C–N with tert-alkyl or cyclic N) is 1. The number of aryl methyl sites for hydroxylation is 2. The van der Waals surface area contributed by atoms with Crippen LogP contribution >= 0.6 is 0 Å². The molecule has 0 radical (unpaired) electrons. The van der Waals surface area contributed by atoms with E-state index in [1.165, 1.54) is 0 Å². The first kappa shape index (κ1) is 21.1. The number of rotatable bonds is 10. The van der Waals surface area contributed by atoms with Gasteiger partial charge in [0.1, 0.15) is 17.2 Å². The Morgan fingerprint density at radius 3 is 2.25 bits per heavy atom. The maximum absolute atomic E-state index is 11.5. The molecule has 1 saturated heterocycles. The molecule has 1 atom stereocenters. The van der Waals surface area contributed by atoms with Crippen molar-refractivity contribution >= 4 is 0 Å². The minimum Gasteiger partial charge on any atom is -0.469 e. The smallest absolute Gasteiger partial charge is 0.131 e. The number of hydrogen-bond donors (Lipinski definition) is 3. The second-order valence-corrected chi connectivity index (χ2v) is 7.72. The number of unbranched alkanes of at least 4 members (excludes halogenated alkanes) is 2. The van der Waals surface area contributed by atoms with Gasteiger partial charge in [-0.3, -0.25) is 4.90 Å². The first-order valence-electron chi connectivity index (χ1n) is 10.7. The van der Waals surface area contributed by atoms with Gasteiger partial charge in [-0.1, -0.05) is 0 Å². The summed E-state index contributed by atoms with van der Waals surface area (Å²) in [6.45, 7) is 5.14. The van der Waals surface area contributed by atoms with Crippen molar-refractivity contribution in [2.45, 2.75) is 50.7 Å². The number of aliphatic hydroxyl groups is 1. The monoisotopic (exact) mass is 389 g/mol. The lowest BCUT2D eigenvalue weighted by Gasteiger charge is -2.40. The summed E-state index contributed by atoms with van der Waals surface area (Å²) < 4.78 is 10.8. The van der Waals surface area contributed by atoms with Gasteiger partial charge in [0.05, 0.1) is 12.5 Å². The second kappa shape index (κ2) is 11.4. The van der Waals surface area contributed by atoms with Gasteiger partial charge in [-0.25, -0.2) is 0 Å². The second-order valence-electron chi connectivity index (χ2n) is 7.72. The normalized spacial score (nSPS) is 21.9. The summed E-state index contributed by atoms with van der Waals surface area (Å²) in [7, 11) is 0. The van der Waals surface area contributed by atoms with Crippen molar-refractivity contribution in [2.75, 3.05) is 39.3 Å². The lowest BCUT2D eigenvalue weighted by atomic mass is 10.0. The van der Waals surface area contributed by atoms with E-state index in [2.05, 4.69) is 15.5 Å². The van der Waals surface area contributed by atoms with Crippen LogP contribution in [-0.2, 0) is 12.8 Å². The first-order valence-corrected chi connectivity index (χ1v) is 10.7. The predicted octanol–water partition coefficient (Wildman–Crippen LogP) is 2.79. The largest absolute Gasteiger partial charge is 0.469 e. The van der Waals surface area contributed by atoms with Crippen LogP contribution in [0.25, 0.3) is 0 Å². The van der Waals surface area contributed by atoms with Crippen LogP contribution in [0.2, 0.25) is 0 Å². The Morgan fingerprint density at radius 1 is 0.893 bits per heavy atom. The van der Waals surface area contributed by atoms with Gasteiger partial charge in [0, 0.05) is 52.1 Å². The zero-order valence-corrected chi connectivity index (χ0v) is 16.9. The first-order chi connectivity index (χ1) is 13.8. The topological polar surface area (TPSA) is 73.8 Å². The molecule has 28 heavy (non-hydrogen) atoms. The van der Waals surface area contributed by atoms with Crippen LogP contribution in [0.4, 0.5) is 0 Å². The van der Waals surface area contributed by atoms with Crippen molar-refractivity contribution < 1.29 is 13.9 Å². The molecule has 3 rings (SSSR count). The molecule has 3 heterocycles. The standard InChI is InChI=1S/C22H35N3O3/c26-22(11-3-1-7-20-9-5-17-27-20)19-24-13-12-23-14-16-25(22)15-4-2-8-21-10-6-18-28-21/h5-6,9-10,17-18,23-24,26H,1-4,7-8,11-16,19H2. The third kappa shape index (κ3) is 6.78. The van der Waals surface area contributed by atoms with E-state index in [0.29, 0.717) is 6.54 Å². The molecule has 1 fully saturated rings. The zero-order chi connectivity index (χ0) is 19.5. The third-order valence-electron chi connectivity index (χ3n) is 5.55. The zero-order valence-electron chi connectivity index (χ0n) is 16.9. The number of furan rings is 2. The highest BCUT2D eigenvalue weighted by Gasteiger charge is 2.33. The lowest BCUT2D eigenvalue weighted by Crippen LogP contribution is -2.56. The summed E-state index contributed by atoms with van der Waals surface area (Å²) in [6.07, 6.45) is 10.3. The van der Waals surface area contributed by atoms with E-state index >= 15 is 0 Å². The molecule has 0 saturated carbocycles. The SMILES string of the molecule is OC1(CCCCc2ccco2)CNCCNCCN1CCCCc1ccco1. The Bertz CT molecular complexity index is 630. The van der Waals surface area contributed by atoms with Gasteiger partial charge >= 0.3 is 0 Å². The average molecular weight is 390 g/mol. The predicted molar refractivity (Wildman–Crippen MR) is 110 cm³/mol. The molecule has 2 aromatic heterocycles. The molecule has 3 N–H and O–H groups in total. The summed E-state index contributed by atoms with van der Waals surface area (Å²) in [5.74, 6) is 2.07. The fourth-order valence-electron chi connectivity index (χ4n) is 3.91. The molecule has 0 bridgehead atoms. The van der Waals surface area contributed by atoms with E-state index < -0.39 is 5.72 Å². The van der Waals surface area contributed by atoms with Gasteiger partial charge in [-0.2, -0.15) is 0 Å². The van der Waals surface area contributed by atoms with Crippen molar-refractivity contribution in [1.82, 2.24) is 15.5 Å². The van der Waals surface area contributed by atoms with Crippen LogP contribution in [0.15, 0.2) is 45.6 Å². The molecule has 1 aliphatic rings. The molecule has 6 heteroatoms. The number of hydrogen-bond acceptors (Lipinski definition) is 6. The summed E-state index contributed by atoms with van der Waals surface area (Å²) in [5.41, 5.74) is -0.792. The maximum Gasteiger partial charge on any atom is 0.131 e. The molecule has 0 spiro atoms. The van der Waals surface area contributed by atoms with Crippen molar-refractivity contribution in [3.63, 3.8) is 0 Å². The number of nitrogens with one attached hydrogen (secondary N) is 2. The fraction of sp³-hybridized carbons (Fsp3) is 0.636. The Morgan fingerprint density at radius 2 is 1.57 bits per heavy atom. The molecule has 6 nitrogen and oxygen atoms in total. The summed E-state index contributed by atoms with van der Waals surface area (Å²) in [6, 6.07) is 7.93. The van der Waals surface area contributed by atoms with Gasteiger partial charge in [-0.15, -0.1) is 0 Å². The minimum absolute atomic E-state index is 0.619. The molecule has 156 valence electrons. The molecule has 2 aromatic rings. The third-order valence-corrected chi connectivity index (χ3v) is 5.55. The fourth-order valence-corrected chi connectivity index (χ4v) is 3.91. The minimum atomic E-state index is -0.792. The Balaban J connectivity index is 1.48. The van der Waals surface area contributed by atoms with Gasteiger partial charge in [0.2, 0.25) is 0 Å². The van der Waals surface area contributed by atoms with Gasteiger partial charge in [0.15, 0.2) is 0 Å².